The van der Waals surface area contributed by atoms with Crippen molar-refractivity contribution < 1.29 is 9.84 Å². The van der Waals surface area contributed by atoms with Gasteiger partial charge >= 0.3 is 0 Å². The fourth-order valence-corrected chi connectivity index (χ4v) is 2.82. The van der Waals surface area contributed by atoms with Crippen LogP contribution in [0.5, 0.6) is 5.75 Å². The van der Waals surface area contributed by atoms with Gasteiger partial charge in [0.25, 0.3) is 0 Å². The SMILES string of the molecule is CC(C)CNCc1cccc(OCC2(O)CCCCC2)c1. The van der Waals surface area contributed by atoms with E-state index in [1.807, 2.05) is 12.1 Å². The van der Waals surface area contributed by atoms with Crippen molar-refractivity contribution in [2.24, 2.45) is 5.92 Å². The van der Waals surface area contributed by atoms with Crippen molar-refractivity contribution in [2.45, 2.75) is 58.1 Å². The van der Waals surface area contributed by atoms with Crippen molar-refractivity contribution in [3.05, 3.63) is 29.8 Å². The van der Waals surface area contributed by atoms with Gasteiger partial charge in [-0.3, -0.25) is 0 Å². The maximum atomic E-state index is 10.5. The van der Waals surface area contributed by atoms with E-state index < -0.39 is 5.60 Å². The number of hydrogen-bond acceptors (Lipinski definition) is 3. The van der Waals surface area contributed by atoms with E-state index >= 15 is 0 Å². The zero-order chi connectivity index (χ0) is 15.1. The van der Waals surface area contributed by atoms with Gasteiger partial charge in [0.05, 0.1) is 5.60 Å². The average molecular weight is 291 g/mol. The summed E-state index contributed by atoms with van der Waals surface area (Å²) in [5.41, 5.74) is 0.605. The maximum absolute atomic E-state index is 10.5. The van der Waals surface area contributed by atoms with Gasteiger partial charge in [0, 0.05) is 6.54 Å². The predicted octanol–water partition coefficient (Wildman–Crippen LogP) is 3.51. The zero-order valence-corrected chi connectivity index (χ0v) is 13.4. The van der Waals surface area contributed by atoms with Crippen molar-refractivity contribution in [1.82, 2.24) is 5.32 Å². The quantitative estimate of drug-likeness (QED) is 0.808. The van der Waals surface area contributed by atoms with Crippen LogP contribution in [0.1, 0.15) is 51.5 Å². The molecule has 21 heavy (non-hydrogen) atoms. The molecule has 1 fully saturated rings. The van der Waals surface area contributed by atoms with E-state index in [0.717, 1.165) is 44.5 Å². The lowest BCUT2D eigenvalue weighted by Crippen LogP contribution is -2.37. The van der Waals surface area contributed by atoms with Crippen molar-refractivity contribution in [1.29, 1.82) is 0 Å². The molecule has 0 saturated heterocycles. The first-order valence-electron chi connectivity index (χ1n) is 8.22. The second kappa shape index (κ2) is 7.81. The fourth-order valence-electron chi connectivity index (χ4n) is 2.82. The summed E-state index contributed by atoms with van der Waals surface area (Å²) in [6.45, 7) is 6.70. The lowest BCUT2D eigenvalue weighted by atomic mass is 9.85. The molecule has 1 saturated carbocycles. The summed E-state index contributed by atoms with van der Waals surface area (Å²) in [6.07, 6.45) is 5.18. The highest BCUT2D eigenvalue weighted by atomic mass is 16.5. The Balaban J connectivity index is 1.82. The van der Waals surface area contributed by atoms with Gasteiger partial charge < -0.3 is 15.2 Å². The van der Waals surface area contributed by atoms with Crippen molar-refractivity contribution in [3.63, 3.8) is 0 Å². The van der Waals surface area contributed by atoms with Crippen LogP contribution in [-0.4, -0.2) is 23.9 Å². The van der Waals surface area contributed by atoms with Crippen molar-refractivity contribution in [2.75, 3.05) is 13.2 Å². The molecule has 2 N–H and O–H groups in total. The Morgan fingerprint density at radius 3 is 2.71 bits per heavy atom. The highest BCUT2D eigenvalue weighted by Gasteiger charge is 2.29. The highest BCUT2D eigenvalue weighted by Crippen LogP contribution is 2.28. The third kappa shape index (κ3) is 5.68. The van der Waals surface area contributed by atoms with E-state index in [0.29, 0.717) is 12.5 Å². The smallest absolute Gasteiger partial charge is 0.119 e. The molecule has 3 nitrogen and oxygen atoms in total. The predicted molar refractivity (Wildman–Crippen MR) is 86.5 cm³/mol. The van der Waals surface area contributed by atoms with E-state index in [1.54, 1.807) is 0 Å². The van der Waals surface area contributed by atoms with Crippen LogP contribution in [0.3, 0.4) is 0 Å². The number of nitrogens with one attached hydrogen (secondary N) is 1. The molecular formula is C18H29NO2. The summed E-state index contributed by atoms with van der Waals surface area (Å²) in [5, 5.41) is 13.9. The molecule has 1 aliphatic carbocycles. The van der Waals surface area contributed by atoms with Crippen molar-refractivity contribution >= 4 is 0 Å². The van der Waals surface area contributed by atoms with Crippen LogP contribution in [0.15, 0.2) is 24.3 Å². The molecule has 0 radical (unpaired) electrons. The van der Waals surface area contributed by atoms with Gasteiger partial charge in [-0.2, -0.15) is 0 Å². The molecule has 2 rings (SSSR count). The second-order valence-corrected chi connectivity index (χ2v) is 6.75. The molecule has 0 unspecified atom stereocenters. The monoisotopic (exact) mass is 291 g/mol. The van der Waals surface area contributed by atoms with Crippen LogP contribution in [0.2, 0.25) is 0 Å². The summed E-state index contributed by atoms with van der Waals surface area (Å²) >= 11 is 0. The van der Waals surface area contributed by atoms with Gasteiger partial charge in [-0.1, -0.05) is 45.2 Å². The van der Waals surface area contributed by atoms with Gasteiger partial charge in [-0.05, 0) is 43.0 Å². The molecule has 0 bridgehead atoms. The molecule has 0 spiro atoms. The molecule has 0 aliphatic heterocycles. The molecule has 1 aromatic rings. The number of aliphatic hydroxyl groups is 1. The number of benzene rings is 1. The first-order valence-corrected chi connectivity index (χ1v) is 8.22. The third-order valence-corrected chi connectivity index (χ3v) is 4.07. The second-order valence-electron chi connectivity index (χ2n) is 6.75. The number of ether oxygens (including phenoxy) is 1. The van der Waals surface area contributed by atoms with E-state index in [1.165, 1.54) is 12.0 Å². The van der Waals surface area contributed by atoms with Gasteiger partial charge in [0.15, 0.2) is 0 Å². The van der Waals surface area contributed by atoms with Crippen LogP contribution in [0, 0.1) is 5.92 Å². The Hall–Kier alpha value is -1.06. The van der Waals surface area contributed by atoms with E-state index in [4.69, 9.17) is 4.74 Å². The molecule has 118 valence electrons. The molecule has 1 aliphatic rings. The van der Waals surface area contributed by atoms with Crippen LogP contribution in [-0.2, 0) is 6.54 Å². The van der Waals surface area contributed by atoms with Gasteiger partial charge in [0.1, 0.15) is 12.4 Å². The van der Waals surface area contributed by atoms with Crippen LogP contribution in [0.4, 0.5) is 0 Å². The van der Waals surface area contributed by atoms with Gasteiger partial charge in [-0.15, -0.1) is 0 Å². The molecule has 1 aromatic carbocycles. The summed E-state index contributed by atoms with van der Waals surface area (Å²) < 4.78 is 5.84. The van der Waals surface area contributed by atoms with E-state index in [9.17, 15) is 5.11 Å². The molecular weight excluding hydrogens is 262 g/mol. The lowest BCUT2D eigenvalue weighted by molar-refractivity contribution is -0.0339. The summed E-state index contributed by atoms with van der Waals surface area (Å²) in [6, 6.07) is 8.17. The standard InChI is InChI=1S/C18H29NO2/c1-15(2)12-19-13-16-7-6-8-17(11-16)21-14-18(20)9-4-3-5-10-18/h6-8,11,15,19-20H,3-5,9-10,12-14H2,1-2H3. The van der Waals surface area contributed by atoms with Crippen LogP contribution < -0.4 is 10.1 Å². The highest BCUT2D eigenvalue weighted by molar-refractivity contribution is 5.28. The topological polar surface area (TPSA) is 41.5 Å². The van der Waals surface area contributed by atoms with E-state index in [2.05, 4.69) is 31.3 Å². The van der Waals surface area contributed by atoms with Crippen LogP contribution >= 0.6 is 0 Å². The molecule has 0 atom stereocenters. The average Bonchev–Trinajstić information content (AvgIpc) is 2.46. The van der Waals surface area contributed by atoms with E-state index in [-0.39, 0.29) is 0 Å². The third-order valence-electron chi connectivity index (χ3n) is 4.07. The molecule has 0 aromatic heterocycles. The maximum Gasteiger partial charge on any atom is 0.119 e. The molecule has 0 heterocycles. The Morgan fingerprint density at radius 1 is 1.24 bits per heavy atom. The lowest BCUT2D eigenvalue weighted by Gasteiger charge is -2.31. The number of hydrogen-bond donors (Lipinski definition) is 2. The molecule has 3 heteroatoms. The summed E-state index contributed by atoms with van der Waals surface area (Å²) in [4.78, 5) is 0. The zero-order valence-electron chi connectivity index (χ0n) is 13.4. The Kier molecular flexibility index (Phi) is 6.07. The minimum absolute atomic E-state index is 0.413. The van der Waals surface area contributed by atoms with Gasteiger partial charge in [-0.25, -0.2) is 0 Å². The summed E-state index contributed by atoms with van der Waals surface area (Å²) in [7, 11) is 0. The van der Waals surface area contributed by atoms with Gasteiger partial charge in [0.2, 0.25) is 0 Å². The van der Waals surface area contributed by atoms with Crippen molar-refractivity contribution in [3.8, 4) is 5.75 Å². The first-order chi connectivity index (χ1) is 10.1. The normalized spacial score (nSPS) is 17.9. The molecule has 0 amide bonds. The fraction of sp³-hybridized carbons (Fsp3) is 0.667. The Labute approximate surface area is 128 Å². The summed E-state index contributed by atoms with van der Waals surface area (Å²) in [5.74, 6) is 1.52. The largest absolute Gasteiger partial charge is 0.491 e. The Morgan fingerprint density at radius 2 is 2.00 bits per heavy atom. The Bertz CT molecular complexity index is 425. The van der Waals surface area contributed by atoms with Crippen LogP contribution in [0.25, 0.3) is 0 Å². The number of rotatable bonds is 7. The first kappa shape index (κ1) is 16.3. The minimum Gasteiger partial charge on any atom is -0.491 e. The minimum atomic E-state index is -0.621.